The minimum atomic E-state index is -0.313. The first-order valence-electron chi connectivity index (χ1n) is 12.6. The highest BCUT2D eigenvalue weighted by molar-refractivity contribution is 5.94. The first-order chi connectivity index (χ1) is 17.7. The van der Waals surface area contributed by atoms with Gasteiger partial charge in [0.2, 0.25) is 0 Å². The summed E-state index contributed by atoms with van der Waals surface area (Å²) in [5, 5.41) is 3.14. The van der Waals surface area contributed by atoms with Gasteiger partial charge in [0.05, 0.1) is 17.6 Å². The van der Waals surface area contributed by atoms with E-state index in [1.807, 2.05) is 6.33 Å². The molecule has 2 aliphatic rings. The van der Waals surface area contributed by atoms with Gasteiger partial charge in [-0.2, -0.15) is 0 Å². The normalized spacial score (nSPS) is 17.1. The summed E-state index contributed by atoms with van der Waals surface area (Å²) in [6.45, 7) is 1.56. The molecule has 1 N–H and O–H groups in total. The average molecular weight is 486 g/mol. The van der Waals surface area contributed by atoms with Gasteiger partial charge in [-0.25, -0.2) is 19.3 Å². The lowest BCUT2D eigenvalue weighted by atomic mass is 10.0. The molecule has 6 rings (SSSR count). The third-order valence-corrected chi connectivity index (χ3v) is 7.33. The van der Waals surface area contributed by atoms with Crippen molar-refractivity contribution in [3.63, 3.8) is 0 Å². The fourth-order valence-corrected chi connectivity index (χ4v) is 5.37. The van der Waals surface area contributed by atoms with Crippen molar-refractivity contribution in [3.05, 3.63) is 66.6 Å². The van der Waals surface area contributed by atoms with Gasteiger partial charge >= 0.3 is 0 Å². The number of fused-ring (bicyclic) bond motifs is 1. The van der Waals surface area contributed by atoms with Gasteiger partial charge in [0, 0.05) is 36.9 Å². The SMILES string of the molecule is O=C(NC1CCN(c2ncnc3c2ncn3C2CCCC2)CC1)c1ccc(-c2cccc(F)c2)nc1. The van der Waals surface area contributed by atoms with Crippen LogP contribution in [0.4, 0.5) is 10.2 Å². The van der Waals surface area contributed by atoms with Crippen LogP contribution in [0.5, 0.6) is 0 Å². The maximum absolute atomic E-state index is 13.5. The minimum absolute atomic E-state index is 0.0741. The Morgan fingerprint density at radius 1 is 0.972 bits per heavy atom. The molecule has 3 aromatic heterocycles. The Kier molecular flexibility index (Phi) is 6.04. The minimum Gasteiger partial charge on any atom is -0.355 e. The molecule has 1 amide bonds. The van der Waals surface area contributed by atoms with E-state index in [1.165, 1.54) is 37.8 Å². The molecular formula is C27H28FN7O. The molecule has 8 nitrogen and oxygen atoms in total. The number of imidazole rings is 1. The van der Waals surface area contributed by atoms with Gasteiger partial charge in [0.1, 0.15) is 12.1 Å². The van der Waals surface area contributed by atoms with Gasteiger partial charge in [0.15, 0.2) is 17.0 Å². The molecule has 0 spiro atoms. The van der Waals surface area contributed by atoms with Crippen molar-refractivity contribution in [2.24, 2.45) is 0 Å². The molecular weight excluding hydrogens is 457 g/mol. The summed E-state index contributed by atoms with van der Waals surface area (Å²) in [5.41, 5.74) is 3.58. The second-order valence-electron chi connectivity index (χ2n) is 9.64. The number of aromatic nitrogens is 5. The molecule has 1 aliphatic heterocycles. The molecule has 36 heavy (non-hydrogen) atoms. The Hall–Kier alpha value is -3.88. The Morgan fingerprint density at radius 3 is 2.56 bits per heavy atom. The van der Waals surface area contributed by atoms with Crippen LogP contribution in [0.25, 0.3) is 22.4 Å². The van der Waals surface area contributed by atoms with Gasteiger partial charge < -0.3 is 14.8 Å². The molecule has 1 aliphatic carbocycles. The van der Waals surface area contributed by atoms with Crippen molar-refractivity contribution < 1.29 is 9.18 Å². The summed E-state index contributed by atoms with van der Waals surface area (Å²) in [7, 11) is 0. The maximum Gasteiger partial charge on any atom is 0.253 e. The zero-order valence-corrected chi connectivity index (χ0v) is 20.0. The zero-order chi connectivity index (χ0) is 24.5. The lowest BCUT2D eigenvalue weighted by Gasteiger charge is -2.33. The molecule has 4 aromatic rings. The van der Waals surface area contributed by atoms with Crippen molar-refractivity contribution in [2.75, 3.05) is 18.0 Å². The van der Waals surface area contributed by atoms with E-state index in [0.717, 1.165) is 42.9 Å². The molecule has 0 bridgehead atoms. The molecule has 1 saturated carbocycles. The van der Waals surface area contributed by atoms with Gasteiger partial charge in [-0.1, -0.05) is 25.0 Å². The number of carbonyl (C=O) groups excluding carboxylic acids is 1. The van der Waals surface area contributed by atoms with Crippen LogP contribution in [-0.2, 0) is 0 Å². The third kappa shape index (κ3) is 4.41. The number of anilines is 1. The quantitative estimate of drug-likeness (QED) is 0.446. The average Bonchev–Trinajstić information content (AvgIpc) is 3.59. The highest BCUT2D eigenvalue weighted by Crippen LogP contribution is 2.33. The Labute approximate surface area is 208 Å². The summed E-state index contributed by atoms with van der Waals surface area (Å²) in [4.78, 5) is 33.2. The van der Waals surface area contributed by atoms with Crippen molar-refractivity contribution in [1.82, 2.24) is 29.8 Å². The Balaban J connectivity index is 1.09. The van der Waals surface area contributed by atoms with Crippen LogP contribution in [0.15, 0.2) is 55.2 Å². The molecule has 184 valence electrons. The van der Waals surface area contributed by atoms with Crippen molar-refractivity contribution >= 4 is 22.9 Å². The van der Waals surface area contributed by atoms with Crippen LogP contribution in [0.1, 0.15) is 54.9 Å². The summed E-state index contributed by atoms with van der Waals surface area (Å²) >= 11 is 0. The molecule has 0 unspecified atom stereocenters. The number of pyridine rings is 1. The van der Waals surface area contributed by atoms with Gasteiger partial charge in [0.25, 0.3) is 5.91 Å². The molecule has 0 atom stereocenters. The monoisotopic (exact) mass is 485 g/mol. The van der Waals surface area contributed by atoms with E-state index in [9.17, 15) is 9.18 Å². The van der Waals surface area contributed by atoms with E-state index in [1.54, 1.807) is 36.8 Å². The largest absolute Gasteiger partial charge is 0.355 e. The second kappa shape index (κ2) is 9.64. The maximum atomic E-state index is 13.5. The summed E-state index contributed by atoms with van der Waals surface area (Å²) < 4.78 is 15.7. The fourth-order valence-electron chi connectivity index (χ4n) is 5.37. The first kappa shape index (κ1) is 22.6. The standard InChI is InChI=1S/C27H28FN7O/c28-20-5-3-4-18(14-20)23-9-8-19(15-29-23)27(36)33-21-10-12-34(13-11-21)25-24-26(31-16-30-25)35(17-32-24)22-6-1-2-7-22/h3-5,8-9,14-17,21-22H,1-2,6-7,10-13H2,(H,33,36). The van der Waals surface area contributed by atoms with E-state index in [2.05, 4.69) is 34.7 Å². The molecule has 2 fully saturated rings. The predicted molar refractivity (Wildman–Crippen MR) is 135 cm³/mol. The predicted octanol–water partition coefficient (Wildman–Crippen LogP) is 4.54. The van der Waals surface area contributed by atoms with Crippen LogP contribution in [-0.4, -0.2) is 49.5 Å². The van der Waals surface area contributed by atoms with Crippen LogP contribution in [0.2, 0.25) is 0 Å². The third-order valence-electron chi connectivity index (χ3n) is 7.33. The fraction of sp³-hybridized carbons (Fsp3) is 0.370. The summed E-state index contributed by atoms with van der Waals surface area (Å²) in [6.07, 6.45) is 11.6. The lowest BCUT2D eigenvalue weighted by Crippen LogP contribution is -2.45. The molecule has 1 saturated heterocycles. The number of hydrogen-bond donors (Lipinski definition) is 1. The van der Waals surface area contributed by atoms with Gasteiger partial charge in [-0.15, -0.1) is 0 Å². The highest BCUT2D eigenvalue weighted by Gasteiger charge is 2.26. The number of hydrogen-bond acceptors (Lipinski definition) is 6. The summed E-state index contributed by atoms with van der Waals surface area (Å²) in [6, 6.07) is 10.3. The molecule has 4 heterocycles. The number of benzene rings is 1. The number of piperidine rings is 1. The number of carbonyl (C=O) groups is 1. The van der Waals surface area contributed by atoms with Crippen molar-refractivity contribution in [1.29, 1.82) is 0 Å². The Bertz CT molecular complexity index is 1370. The summed E-state index contributed by atoms with van der Waals surface area (Å²) in [5.74, 6) is 0.414. The van der Waals surface area contributed by atoms with E-state index in [-0.39, 0.29) is 17.8 Å². The molecule has 1 aromatic carbocycles. The zero-order valence-electron chi connectivity index (χ0n) is 20.0. The van der Waals surface area contributed by atoms with Crippen LogP contribution in [0.3, 0.4) is 0 Å². The number of rotatable bonds is 5. The highest BCUT2D eigenvalue weighted by atomic mass is 19.1. The van der Waals surface area contributed by atoms with E-state index < -0.39 is 0 Å². The number of nitrogens with zero attached hydrogens (tertiary/aromatic N) is 6. The second-order valence-corrected chi connectivity index (χ2v) is 9.64. The number of amides is 1. The van der Waals surface area contributed by atoms with Crippen molar-refractivity contribution in [3.8, 4) is 11.3 Å². The number of nitrogens with one attached hydrogen (secondary N) is 1. The van der Waals surface area contributed by atoms with Crippen LogP contribution < -0.4 is 10.2 Å². The Morgan fingerprint density at radius 2 is 1.81 bits per heavy atom. The molecule has 9 heteroatoms. The van der Waals surface area contributed by atoms with E-state index in [0.29, 0.717) is 22.9 Å². The van der Waals surface area contributed by atoms with E-state index >= 15 is 0 Å². The number of halogens is 1. The van der Waals surface area contributed by atoms with E-state index in [4.69, 9.17) is 0 Å². The molecule has 0 radical (unpaired) electrons. The van der Waals surface area contributed by atoms with Crippen molar-refractivity contribution in [2.45, 2.75) is 50.6 Å². The van der Waals surface area contributed by atoms with Crippen LogP contribution >= 0.6 is 0 Å². The van der Waals surface area contributed by atoms with Crippen LogP contribution in [0, 0.1) is 5.82 Å². The van der Waals surface area contributed by atoms with Gasteiger partial charge in [-0.3, -0.25) is 9.78 Å². The first-order valence-corrected chi connectivity index (χ1v) is 12.6. The lowest BCUT2D eigenvalue weighted by molar-refractivity contribution is 0.0930. The van der Waals surface area contributed by atoms with Gasteiger partial charge in [-0.05, 0) is 49.9 Å². The topological polar surface area (TPSA) is 88.8 Å². The smallest absolute Gasteiger partial charge is 0.253 e.